The van der Waals surface area contributed by atoms with Crippen molar-refractivity contribution in [1.82, 2.24) is 4.98 Å². The van der Waals surface area contributed by atoms with Crippen molar-refractivity contribution in [2.75, 3.05) is 5.73 Å². The molecule has 0 atom stereocenters. The first-order valence-corrected chi connectivity index (χ1v) is 3.98. The molecule has 2 rings (SSSR count). The van der Waals surface area contributed by atoms with Gasteiger partial charge in [0.2, 0.25) is 0 Å². The Morgan fingerprint density at radius 3 is 2.79 bits per heavy atom. The molecule has 0 fully saturated rings. The lowest BCUT2D eigenvalue weighted by atomic mass is 10.2. The van der Waals surface area contributed by atoms with Gasteiger partial charge in [0, 0.05) is 6.07 Å². The highest BCUT2D eigenvalue weighted by Gasteiger charge is 2.10. The summed E-state index contributed by atoms with van der Waals surface area (Å²) in [6.45, 7) is 0. The molecule has 14 heavy (non-hydrogen) atoms. The highest BCUT2D eigenvalue weighted by Crippen LogP contribution is 2.24. The van der Waals surface area contributed by atoms with E-state index in [1.165, 1.54) is 6.07 Å². The van der Waals surface area contributed by atoms with E-state index in [2.05, 4.69) is 4.98 Å². The Morgan fingerprint density at radius 2 is 2.07 bits per heavy atom. The van der Waals surface area contributed by atoms with Gasteiger partial charge in [0.05, 0.1) is 15.8 Å². The van der Waals surface area contributed by atoms with Crippen LogP contribution in [0.5, 0.6) is 0 Å². The molecule has 0 bridgehead atoms. The summed E-state index contributed by atoms with van der Waals surface area (Å²) in [4.78, 5) is 14.2. The minimum Gasteiger partial charge on any atom is -0.384 e. The molecular formula is C9H7N3O2. The number of aromatic nitrogens is 1. The highest BCUT2D eigenvalue weighted by atomic mass is 16.6. The molecule has 0 aliphatic rings. The van der Waals surface area contributed by atoms with E-state index in [9.17, 15) is 10.1 Å². The highest BCUT2D eigenvalue weighted by molar-refractivity contribution is 5.88. The van der Waals surface area contributed by atoms with Crippen LogP contribution in [-0.4, -0.2) is 9.91 Å². The summed E-state index contributed by atoms with van der Waals surface area (Å²) in [5.41, 5.74) is 6.06. The van der Waals surface area contributed by atoms with Gasteiger partial charge in [0.1, 0.15) is 5.82 Å². The predicted octanol–water partition coefficient (Wildman–Crippen LogP) is 1.73. The number of hydrogen-bond donors (Lipinski definition) is 1. The van der Waals surface area contributed by atoms with E-state index in [0.29, 0.717) is 16.7 Å². The van der Waals surface area contributed by atoms with Crippen LogP contribution in [0.2, 0.25) is 0 Å². The molecule has 5 heteroatoms. The number of nitrogens with two attached hydrogens (primary N) is 1. The van der Waals surface area contributed by atoms with Crippen LogP contribution in [0.1, 0.15) is 0 Å². The number of nitrogens with zero attached hydrogens (tertiary/aromatic N) is 2. The van der Waals surface area contributed by atoms with E-state index in [-0.39, 0.29) is 5.69 Å². The molecule has 0 saturated carbocycles. The van der Waals surface area contributed by atoms with Crippen LogP contribution in [0.15, 0.2) is 30.3 Å². The summed E-state index contributed by atoms with van der Waals surface area (Å²) < 4.78 is 0. The lowest BCUT2D eigenvalue weighted by Crippen LogP contribution is -1.93. The summed E-state index contributed by atoms with van der Waals surface area (Å²) in [6.07, 6.45) is 0. The fourth-order valence-corrected chi connectivity index (χ4v) is 1.31. The van der Waals surface area contributed by atoms with Gasteiger partial charge >= 0.3 is 0 Å². The number of fused-ring (bicyclic) bond motifs is 1. The Balaban J connectivity index is 2.81. The Hall–Kier alpha value is -2.17. The second kappa shape index (κ2) is 2.95. The molecule has 0 spiro atoms. The number of pyridine rings is 1. The minimum absolute atomic E-state index is 0.0509. The molecule has 1 aromatic carbocycles. The number of nitro benzene ring substituents is 1. The third kappa shape index (κ3) is 1.24. The van der Waals surface area contributed by atoms with E-state index < -0.39 is 4.92 Å². The second-order valence-electron chi connectivity index (χ2n) is 2.84. The maximum absolute atomic E-state index is 10.6. The largest absolute Gasteiger partial charge is 0.384 e. The number of hydrogen-bond acceptors (Lipinski definition) is 4. The summed E-state index contributed by atoms with van der Waals surface area (Å²) in [5, 5.41) is 11.2. The minimum atomic E-state index is -0.430. The molecule has 2 aromatic rings. The van der Waals surface area contributed by atoms with Gasteiger partial charge in [-0.15, -0.1) is 0 Å². The molecule has 2 N–H and O–H groups in total. The van der Waals surface area contributed by atoms with Gasteiger partial charge in [-0.3, -0.25) is 10.1 Å². The van der Waals surface area contributed by atoms with Crippen LogP contribution in [0, 0.1) is 10.1 Å². The Labute approximate surface area is 79.3 Å². The lowest BCUT2D eigenvalue weighted by molar-refractivity contribution is -0.383. The topological polar surface area (TPSA) is 82.0 Å². The van der Waals surface area contributed by atoms with E-state index in [1.807, 2.05) is 0 Å². The number of rotatable bonds is 1. The van der Waals surface area contributed by atoms with Gasteiger partial charge in [-0.05, 0) is 18.2 Å². The van der Waals surface area contributed by atoms with Crippen LogP contribution in [0.3, 0.4) is 0 Å². The SMILES string of the molecule is Nc1ccc2c([N+](=O)[O-])cccc2n1. The molecule has 0 aliphatic heterocycles. The first-order valence-electron chi connectivity index (χ1n) is 3.98. The van der Waals surface area contributed by atoms with Gasteiger partial charge in [-0.1, -0.05) is 6.07 Å². The summed E-state index contributed by atoms with van der Waals surface area (Å²) >= 11 is 0. The average molecular weight is 189 g/mol. The molecule has 0 radical (unpaired) electrons. The summed E-state index contributed by atoms with van der Waals surface area (Å²) in [5.74, 6) is 0.359. The normalized spacial score (nSPS) is 10.3. The third-order valence-corrected chi connectivity index (χ3v) is 1.93. The number of anilines is 1. The number of non-ortho nitro benzene ring substituents is 1. The fourth-order valence-electron chi connectivity index (χ4n) is 1.31. The van der Waals surface area contributed by atoms with Crippen LogP contribution < -0.4 is 5.73 Å². The smallest absolute Gasteiger partial charge is 0.278 e. The first kappa shape index (κ1) is 8.43. The Morgan fingerprint density at radius 1 is 1.29 bits per heavy atom. The van der Waals surface area contributed by atoms with E-state index in [4.69, 9.17) is 5.73 Å². The van der Waals surface area contributed by atoms with Crippen LogP contribution in [0.4, 0.5) is 11.5 Å². The van der Waals surface area contributed by atoms with Gasteiger partial charge < -0.3 is 5.73 Å². The van der Waals surface area contributed by atoms with E-state index in [1.54, 1.807) is 24.3 Å². The molecule has 0 aliphatic carbocycles. The lowest BCUT2D eigenvalue weighted by Gasteiger charge is -1.98. The third-order valence-electron chi connectivity index (χ3n) is 1.93. The molecule has 70 valence electrons. The summed E-state index contributed by atoms with van der Waals surface area (Å²) in [6, 6.07) is 7.89. The van der Waals surface area contributed by atoms with Crippen molar-refractivity contribution in [2.45, 2.75) is 0 Å². The number of benzene rings is 1. The maximum Gasteiger partial charge on any atom is 0.278 e. The zero-order valence-electron chi connectivity index (χ0n) is 7.18. The molecule has 5 nitrogen and oxygen atoms in total. The van der Waals surface area contributed by atoms with Crippen molar-refractivity contribution in [2.24, 2.45) is 0 Å². The fraction of sp³-hybridized carbons (Fsp3) is 0. The van der Waals surface area contributed by atoms with Gasteiger partial charge in [-0.25, -0.2) is 4.98 Å². The molecule has 0 unspecified atom stereocenters. The van der Waals surface area contributed by atoms with Crippen molar-refractivity contribution in [3.05, 3.63) is 40.4 Å². The number of nitro groups is 1. The van der Waals surface area contributed by atoms with Gasteiger partial charge in [0.15, 0.2) is 0 Å². The quantitative estimate of drug-likeness (QED) is 0.547. The zero-order chi connectivity index (χ0) is 10.1. The van der Waals surface area contributed by atoms with Gasteiger partial charge in [-0.2, -0.15) is 0 Å². The first-order chi connectivity index (χ1) is 6.68. The number of nitrogen functional groups attached to an aromatic ring is 1. The van der Waals surface area contributed by atoms with E-state index in [0.717, 1.165) is 0 Å². The standard InChI is InChI=1S/C9H7N3O2/c10-9-5-4-6-7(11-9)2-1-3-8(6)12(13)14/h1-5H,(H2,10,11). The van der Waals surface area contributed by atoms with Crippen molar-refractivity contribution in [3.63, 3.8) is 0 Å². The van der Waals surface area contributed by atoms with Crippen molar-refractivity contribution in [3.8, 4) is 0 Å². The monoisotopic (exact) mass is 189 g/mol. The zero-order valence-corrected chi connectivity index (χ0v) is 7.18. The molecule has 1 aromatic heterocycles. The van der Waals surface area contributed by atoms with Crippen LogP contribution >= 0.6 is 0 Å². The molecular weight excluding hydrogens is 182 g/mol. The van der Waals surface area contributed by atoms with E-state index >= 15 is 0 Å². The van der Waals surface area contributed by atoms with Crippen molar-refractivity contribution < 1.29 is 4.92 Å². The second-order valence-corrected chi connectivity index (χ2v) is 2.84. The summed E-state index contributed by atoms with van der Waals surface area (Å²) in [7, 11) is 0. The molecule has 0 saturated heterocycles. The van der Waals surface area contributed by atoms with Gasteiger partial charge in [0.25, 0.3) is 5.69 Å². The molecule has 1 heterocycles. The predicted molar refractivity (Wildman–Crippen MR) is 52.8 cm³/mol. The van der Waals surface area contributed by atoms with Crippen LogP contribution in [-0.2, 0) is 0 Å². The Bertz CT molecular complexity index is 510. The van der Waals surface area contributed by atoms with Crippen LogP contribution in [0.25, 0.3) is 10.9 Å². The molecule has 0 amide bonds. The van der Waals surface area contributed by atoms with Crippen molar-refractivity contribution in [1.29, 1.82) is 0 Å². The van der Waals surface area contributed by atoms with Crippen molar-refractivity contribution >= 4 is 22.4 Å². The maximum atomic E-state index is 10.6. The Kier molecular flexibility index (Phi) is 1.78. The average Bonchev–Trinajstić information content (AvgIpc) is 2.16.